The Hall–Kier alpha value is -2.74. The Morgan fingerprint density at radius 3 is 2.80 bits per heavy atom. The average Bonchev–Trinajstić information content (AvgIpc) is 3.15. The summed E-state index contributed by atoms with van der Waals surface area (Å²) in [5.41, 5.74) is 1.55. The van der Waals surface area contributed by atoms with Gasteiger partial charge in [-0.3, -0.25) is 0 Å². The van der Waals surface area contributed by atoms with Gasteiger partial charge in [-0.05, 0) is 18.2 Å². The van der Waals surface area contributed by atoms with Crippen molar-refractivity contribution in [2.45, 2.75) is 6.61 Å². The van der Waals surface area contributed by atoms with E-state index in [1.165, 1.54) is 17.6 Å². The summed E-state index contributed by atoms with van der Waals surface area (Å²) in [7, 11) is 3.17. The summed E-state index contributed by atoms with van der Waals surface area (Å²) in [5, 5.41) is 2.63. The van der Waals surface area contributed by atoms with Crippen LogP contribution in [0.3, 0.4) is 0 Å². The third-order valence-electron chi connectivity index (χ3n) is 3.38. The molecule has 2 aromatic rings. The molecule has 0 unspecified atom stereocenters. The molecule has 25 heavy (non-hydrogen) atoms. The fourth-order valence-corrected chi connectivity index (χ4v) is 2.96. The number of carbonyl (C=O) groups is 1. The molecule has 0 saturated heterocycles. The van der Waals surface area contributed by atoms with Crippen molar-refractivity contribution in [2.24, 2.45) is 0 Å². The molecule has 7 nitrogen and oxygen atoms in total. The summed E-state index contributed by atoms with van der Waals surface area (Å²) < 4.78 is 25.9. The van der Waals surface area contributed by atoms with Gasteiger partial charge in [0, 0.05) is 10.9 Å². The fourth-order valence-electron chi connectivity index (χ4n) is 2.16. The number of hydrogen-bond acceptors (Lipinski definition) is 8. The number of hydrogen-bond donors (Lipinski definition) is 0. The van der Waals surface area contributed by atoms with Gasteiger partial charge in [0.25, 0.3) is 0 Å². The minimum Gasteiger partial charge on any atom is -0.493 e. The molecule has 0 fully saturated rings. The van der Waals surface area contributed by atoms with Crippen LogP contribution in [0.4, 0.5) is 0 Å². The van der Waals surface area contributed by atoms with Gasteiger partial charge in [0.2, 0.25) is 5.76 Å². The molecule has 0 bridgehead atoms. The summed E-state index contributed by atoms with van der Waals surface area (Å²) >= 11 is 1.45. The van der Waals surface area contributed by atoms with Gasteiger partial charge < -0.3 is 23.7 Å². The van der Waals surface area contributed by atoms with Gasteiger partial charge in [0.15, 0.2) is 11.5 Å². The molecule has 132 valence electrons. The Kier molecular flexibility index (Phi) is 5.39. The molecule has 8 heteroatoms. The zero-order valence-electron chi connectivity index (χ0n) is 13.8. The largest absolute Gasteiger partial charge is 0.493 e. The molecular formula is C17H17NO6S. The van der Waals surface area contributed by atoms with Crippen LogP contribution < -0.4 is 9.47 Å². The average molecular weight is 363 g/mol. The Morgan fingerprint density at radius 2 is 2.08 bits per heavy atom. The monoisotopic (exact) mass is 363 g/mol. The molecule has 2 heterocycles. The van der Waals surface area contributed by atoms with Crippen molar-refractivity contribution in [3.63, 3.8) is 0 Å². The van der Waals surface area contributed by atoms with Crippen molar-refractivity contribution in [2.75, 3.05) is 27.4 Å². The highest BCUT2D eigenvalue weighted by molar-refractivity contribution is 7.13. The Balaban J connectivity index is 1.66. The number of rotatable bonds is 6. The number of ether oxygens (including phenoxy) is 5. The smallest absolute Gasteiger partial charge is 0.377 e. The van der Waals surface area contributed by atoms with Crippen molar-refractivity contribution in [3.05, 3.63) is 41.3 Å². The highest BCUT2D eigenvalue weighted by atomic mass is 32.1. The van der Waals surface area contributed by atoms with Gasteiger partial charge in [-0.15, -0.1) is 11.3 Å². The first kappa shape index (κ1) is 17.1. The van der Waals surface area contributed by atoms with Gasteiger partial charge >= 0.3 is 5.97 Å². The van der Waals surface area contributed by atoms with Crippen molar-refractivity contribution >= 4 is 17.3 Å². The maximum absolute atomic E-state index is 11.9. The topological polar surface area (TPSA) is 76.1 Å². The van der Waals surface area contributed by atoms with Crippen LogP contribution >= 0.6 is 11.3 Å². The van der Waals surface area contributed by atoms with Gasteiger partial charge in [0.1, 0.15) is 31.1 Å². The van der Waals surface area contributed by atoms with E-state index < -0.39 is 5.97 Å². The van der Waals surface area contributed by atoms with E-state index in [0.717, 1.165) is 10.6 Å². The number of nitrogens with zero attached hydrogens (tertiary/aromatic N) is 1. The molecular weight excluding hydrogens is 346 g/mol. The predicted octanol–water partition coefficient (Wildman–Crippen LogP) is 2.76. The van der Waals surface area contributed by atoms with Crippen molar-refractivity contribution in [1.82, 2.24) is 4.98 Å². The zero-order chi connectivity index (χ0) is 17.6. The SMILES string of the molecule is COc1ccc(-c2nc(COC(=O)C3=COCCO3)cs2)cc1OC. The third kappa shape index (κ3) is 4.03. The van der Waals surface area contributed by atoms with Crippen LogP contribution in [0.15, 0.2) is 35.6 Å². The molecule has 0 amide bonds. The Morgan fingerprint density at radius 1 is 1.24 bits per heavy atom. The van der Waals surface area contributed by atoms with E-state index in [4.69, 9.17) is 23.7 Å². The second-order valence-electron chi connectivity index (χ2n) is 4.99. The minimum absolute atomic E-state index is 0.0589. The van der Waals surface area contributed by atoms with Gasteiger partial charge in [-0.25, -0.2) is 9.78 Å². The molecule has 1 aliphatic heterocycles. The van der Waals surface area contributed by atoms with Gasteiger partial charge in [-0.1, -0.05) is 0 Å². The van der Waals surface area contributed by atoms with Crippen LogP contribution in [0.5, 0.6) is 11.5 Å². The Labute approximate surface area is 148 Å². The van der Waals surface area contributed by atoms with Crippen LogP contribution in [0.2, 0.25) is 0 Å². The standard InChI is InChI=1S/C17H17NO6S/c1-20-13-4-3-11(7-14(13)21-2)16-18-12(10-25-16)8-24-17(19)15-9-22-5-6-23-15/h3-4,7,9-10H,5-6,8H2,1-2H3. The number of carbonyl (C=O) groups excluding carboxylic acids is 1. The predicted molar refractivity (Wildman–Crippen MR) is 90.4 cm³/mol. The van der Waals surface area contributed by atoms with Gasteiger partial charge in [-0.2, -0.15) is 0 Å². The van der Waals surface area contributed by atoms with Crippen LogP contribution in [-0.2, 0) is 25.6 Å². The first-order chi connectivity index (χ1) is 12.2. The maximum atomic E-state index is 11.9. The van der Waals surface area contributed by atoms with E-state index in [9.17, 15) is 4.79 Å². The second-order valence-corrected chi connectivity index (χ2v) is 5.85. The second kappa shape index (κ2) is 7.89. The molecule has 1 aromatic heterocycles. The highest BCUT2D eigenvalue weighted by Crippen LogP contribution is 2.33. The summed E-state index contributed by atoms with van der Waals surface area (Å²) in [5.74, 6) is 0.784. The quantitative estimate of drug-likeness (QED) is 0.731. The number of aromatic nitrogens is 1. The lowest BCUT2D eigenvalue weighted by Gasteiger charge is -2.13. The first-order valence-electron chi connectivity index (χ1n) is 7.49. The summed E-state index contributed by atoms with van der Waals surface area (Å²) in [6, 6.07) is 5.57. The summed E-state index contributed by atoms with van der Waals surface area (Å²) in [6.07, 6.45) is 1.27. The van der Waals surface area contributed by atoms with E-state index in [1.54, 1.807) is 14.2 Å². The number of thiazole rings is 1. The van der Waals surface area contributed by atoms with Gasteiger partial charge in [0.05, 0.1) is 19.9 Å². The molecule has 1 aromatic carbocycles. The summed E-state index contributed by atoms with van der Waals surface area (Å²) in [4.78, 5) is 16.3. The molecule has 3 rings (SSSR count). The third-order valence-corrected chi connectivity index (χ3v) is 4.32. The van der Waals surface area contributed by atoms with Crippen LogP contribution in [0.1, 0.15) is 5.69 Å². The van der Waals surface area contributed by atoms with E-state index in [2.05, 4.69) is 4.98 Å². The van der Waals surface area contributed by atoms with E-state index in [0.29, 0.717) is 30.4 Å². The zero-order valence-corrected chi connectivity index (χ0v) is 14.6. The summed E-state index contributed by atoms with van der Waals surface area (Å²) in [6.45, 7) is 0.821. The van der Waals surface area contributed by atoms with Crippen LogP contribution in [-0.4, -0.2) is 38.4 Å². The Bertz CT molecular complexity index is 785. The highest BCUT2D eigenvalue weighted by Gasteiger charge is 2.17. The molecule has 0 spiro atoms. The van der Waals surface area contributed by atoms with Crippen LogP contribution in [0, 0.1) is 0 Å². The van der Waals surface area contributed by atoms with Crippen molar-refractivity contribution in [1.29, 1.82) is 0 Å². The number of methoxy groups -OCH3 is 2. The molecule has 0 atom stereocenters. The van der Waals surface area contributed by atoms with Crippen LogP contribution in [0.25, 0.3) is 10.6 Å². The maximum Gasteiger partial charge on any atom is 0.377 e. The first-order valence-corrected chi connectivity index (χ1v) is 8.37. The van der Waals surface area contributed by atoms with E-state index in [1.807, 2.05) is 23.6 Å². The molecule has 0 aliphatic carbocycles. The fraction of sp³-hybridized carbons (Fsp3) is 0.294. The lowest BCUT2D eigenvalue weighted by atomic mass is 10.2. The minimum atomic E-state index is -0.569. The molecule has 0 N–H and O–H groups in total. The molecule has 0 saturated carbocycles. The van der Waals surface area contributed by atoms with Crippen molar-refractivity contribution < 1.29 is 28.5 Å². The normalized spacial score (nSPS) is 13.3. The van der Waals surface area contributed by atoms with E-state index >= 15 is 0 Å². The van der Waals surface area contributed by atoms with E-state index in [-0.39, 0.29) is 12.4 Å². The lowest BCUT2D eigenvalue weighted by Crippen LogP contribution is -2.17. The van der Waals surface area contributed by atoms with Crippen molar-refractivity contribution in [3.8, 4) is 22.1 Å². The molecule has 0 radical (unpaired) electrons. The number of esters is 1. The number of benzene rings is 1. The lowest BCUT2D eigenvalue weighted by molar-refractivity contribution is -0.146. The molecule has 1 aliphatic rings.